The third kappa shape index (κ3) is 5.77. The summed E-state index contributed by atoms with van der Waals surface area (Å²) in [6.07, 6.45) is 3.43. The van der Waals surface area contributed by atoms with Crippen LogP contribution in [0.4, 0.5) is 14.5 Å². The molecule has 2 amide bonds. The first-order valence-electron chi connectivity index (χ1n) is 12.2. The Morgan fingerprint density at radius 2 is 1.77 bits per heavy atom. The molecule has 0 saturated carbocycles. The lowest BCUT2D eigenvalue weighted by Gasteiger charge is -2.22. The van der Waals surface area contributed by atoms with Gasteiger partial charge in [0.15, 0.2) is 0 Å². The van der Waals surface area contributed by atoms with Crippen molar-refractivity contribution in [3.8, 4) is 11.1 Å². The van der Waals surface area contributed by atoms with Gasteiger partial charge in [-0.15, -0.1) is 0 Å². The highest BCUT2D eigenvalue weighted by Crippen LogP contribution is 2.30. The summed E-state index contributed by atoms with van der Waals surface area (Å²) in [4.78, 5) is 32.8. The predicted octanol–water partition coefficient (Wildman–Crippen LogP) is 4.83. The first-order valence-corrected chi connectivity index (χ1v) is 12.2. The monoisotopic (exact) mass is 525 g/mol. The van der Waals surface area contributed by atoms with E-state index < -0.39 is 23.6 Å². The molecule has 1 unspecified atom stereocenters. The van der Waals surface area contributed by atoms with E-state index in [1.807, 2.05) is 6.07 Å². The van der Waals surface area contributed by atoms with Crippen LogP contribution in [-0.4, -0.2) is 21.8 Å². The van der Waals surface area contributed by atoms with Gasteiger partial charge in [-0.05, 0) is 71.6 Å². The Balaban J connectivity index is 1.52. The van der Waals surface area contributed by atoms with Crippen LogP contribution >= 0.6 is 0 Å². The lowest BCUT2D eigenvalue weighted by Crippen LogP contribution is -2.32. The first kappa shape index (κ1) is 25.6. The number of aromatic nitrogens is 2. The predicted molar refractivity (Wildman–Crippen MR) is 146 cm³/mol. The molecule has 0 aliphatic rings. The summed E-state index contributed by atoms with van der Waals surface area (Å²) in [6.45, 7) is 0. The van der Waals surface area contributed by atoms with Crippen LogP contribution in [-0.2, 0) is 17.6 Å². The molecule has 0 radical (unpaired) electrons. The minimum absolute atomic E-state index is 0.0385. The molecule has 6 N–H and O–H groups in total. The number of hydrogen-bond donors (Lipinski definition) is 4. The van der Waals surface area contributed by atoms with E-state index in [0.29, 0.717) is 33.6 Å². The van der Waals surface area contributed by atoms with Crippen molar-refractivity contribution >= 4 is 28.4 Å². The van der Waals surface area contributed by atoms with Gasteiger partial charge < -0.3 is 21.8 Å². The van der Waals surface area contributed by atoms with Crippen LogP contribution in [0.1, 0.15) is 33.2 Å². The van der Waals surface area contributed by atoms with Crippen molar-refractivity contribution in [2.24, 2.45) is 5.73 Å². The fraction of sp³-hybridized carbons (Fsp3) is 0.100. The van der Waals surface area contributed by atoms with Crippen LogP contribution in [0.15, 0.2) is 85.2 Å². The van der Waals surface area contributed by atoms with Gasteiger partial charge in [0.1, 0.15) is 11.6 Å². The van der Waals surface area contributed by atoms with Crippen molar-refractivity contribution in [1.82, 2.24) is 15.3 Å². The topological polar surface area (TPSA) is 127 Å². The number of nitrogen functional groups attached to an aromatic ring is 1. The number of H-pyrrole nitrogens is 1. The quantitative estimate of drug-likeness (QED) is 0.216. The minimum Gasteiger partial charge on any atom is -0.399 e. The summed E-state index contributed by atoms with van der Waals surface area (Å²) >= 11 is 0. The molecule has 0 aliphatic carbocycles. The molecule has 7 nitrogen and oxygen atoms in total. The standard InChI is InChI=1S/C30H25F2N5O2/c31-21-9-17(10-22(32)14-21)11-27(37-28(38)13-20-16-36-26-7-6-23(33)15-25(20)26)29-24(5-2-8-35-29)18-3-1-4-19(12-18)30(34)39/h1-10,12,14-16,27,36H,11,13,33H2,(H2,34,39)(H,37,38). The highest BCUT2D eigenvalue weighted by Gasteiger charge is 2.22. The minimum atomic E-state index is -0.748. The number of amides is 2. The van der Waals surface area contributed by atoms with Crippen LogP contribution in [0.2, 0.25) is 0 Å². The van der Waals surface area contributed by atoms with Crippen molar-refractivity contribution in [3.05, 3.63) is 119 Å². The van der Waals surface area contributed by atoms with E-state index >= 15 is 0 Å². The number of nitrogens with zero attached hydrogens (tertiary/aromatic N) is 1. The Labute approximate surface area is 222 Å². The molecule has 5 rings (SSSR count). The molecule has 2 heterocycles. The summed E-state index contributed by atoms with van der Waals surface area (Å²) in [7, 11) is 0. The Kier molecular flexibility index (Phi) is 7.05. The van der Waals surface area contributed by atoms with Gasteiger partial charge in [-0.1, -0.05) is 18.2 Å². The number of halogens is 2. The van der Waals surface area contributed by atoms with E-state index in [-0.39, 0.29) is 18.7 Å². The number of pyridine rings is 1. The molecule has 2 aromatic heterocycles. The lowest BCUT2D eigenvalue weighted by atomic mass is 9.94. The molecule has 5 aromatic rings. The van der Waals surface area contributed by atoms with Crippen molar-refractivity contribution < 1.29 is 18.4 Å². The molecule has 39 heavy (non-hydrogen) atoms. The number of nitrogens with two attached hydrogens (primary N) is 2. The summed E-state index contributed by atoms with van der Waals surface area (Å²) in [5.74, 6) is -2.34. The number of benzene rings is 3. The van der Waals surface area contributed by atoms with Gasteiger partial charge in [0, 0.05) is 46.2 Å². The first-order chi connectivity index (χ1) is 18.8. The fourth-order valence-corrected chi connectivity index (χ4v) is 4.72. The maximum Gasteiger partial charge on any atom is 0.248 e. The number of aromatic amines is 1. The third-order valence-corrected chi connectivity index (χ3v) is 6.47. The van der Waals surface area contributed by atoms with Crippen molar-refractivity contribution in [2.45, 2.75) is 18.9 Å². The lowest BCUT2D eigenvalue weighted by molar-refractivity contribution is -0.121. The highest BCUT2D eigenvalue weighted by atomic mass is 19.1. The zero-order valence-corrected chi connectivity index (χ0v) is 20.7. The summed E-state index contributed by atoms with van der Waals surface area (Å²) in [5.41, 5.74) is 16.0. The molecular weight excluding hydrogens is 500 g/mol. The van der Waals surface area contributed by atoms with Crippen LogP contribution in [0.5, 0.6) is 0 Å². The Morgan fingerprint density at radius 1 is 0.974 bits per heavy atom. The van der Waals surface area contributed by atoms with Gasteiger partial charge in [0.25, 0.3) is 0 Å². The van der Waals surface area contributed by atoms with Crippen LogP contribution in [0, 0.1) is 11.6 Å². The summed E-state index contributed by atoms with van der Waals surface area (Å²) < 4.78 is 28.1. The molecule has 0 aliphatic heterocycles. The molecule has 0 fully saturated rings. The van der Waals surface area contributed by atoms with E-state index in [4.69, 9.17) is 11.5 Å². The SMILES string of the molecule is NC(=O)c1cccc(-c2cccnc2C(Cc2cc(F)cc(F)c2)NC(=O)Cc2c[nH]c3ccc(N)cc23)c1. The second-order valence-corrected chi connectivity index (χ2v) is 9.28. The van der Waals surface area contributed by atoms with E-state index in [9.17, 15) is 18.4 Å². The fourth-order valence-electron chi connectivity index (χ4n) is 4.72. The maximum atomic E-state index is 14.0. The third-order valence-electron chi connectivity index (χ3n) is 6.47. The van der Waals surface area contributed by atoms with E-state index in [0.717, 1.165) is 22.5 Å². The second-order valence-electron chi connectivity index (χ2n) is 9.28. The van der Waals surface area contributed by atoms with Crippen molar-refractivity contribution in [1.29, 1.82) is 0 Å². The molecule has 196 valence electrons. The molecule has 0 spiro atoms. The molecule has 9 heteroatoms. The van der Waals surface area contributed by atoms with Gasteiger partial charge in [0.05, 0.1) is 18.2 Å². The largest absolute Gasteiger partial charge is 0.399 e. The zero-order chi connectivity index (χ0) is 27.5. The van der Waals surface area contributed by atoms with E-state index in [2.05, 4.69) is 15.3 Å². The number of carbonyl (C=O) groups excluding carboxylic acids is 2. The van der Waals surface area contributed by atoms with E-state index in [1.165, 1.54) is 12.1 Å². The van der Waals surface area contributed by atoms with Gasteiger partial charge >= 0.3 is 0 Å². The van der Waals surface area contributed by atoms with Crippen molar-refractivity contribution in [3.63, 3.8) is 0 Å². The number of anilines is 1. The molecule has 1 atom stereocenters. The van der Waals surface area contributed by atoms with Gasteiger partial charge in [-0.3, -0.25) is 14.6 Å². The Bertz CT molecular complexity index is 1680. The molecule has 0 saturated heterocycles. The van der Waals surface area contributed by atoms with Crippen molar-refractivity contribution in [2.75, 3.05) is 5.73 Å². The zero-order valence-electron chi connectivity index (χ0n) is 20.7. The molecular formula is C30H25F2N5O2. The normalized spacial score (nSPS) is 11.8. The van der Waals surface area contributed by atoms with E-state index in [1.54, 1.807) is 60.9 Å². The summed E-state index contributed by atoms with van der Waals surface area (Å²) in [6, 6.07) is 18.2. The number of primary amides is 1. The Hall–Kier alpha value is -5.05. The Morgan fingerprint density at radius 3 is 2.54 bits per heavy atom. The summed E-state index contributed by atoms with van der Waals surface area (Å²) in [5, 5.41) is 3.83. The smallest absolute Gasteiger partial charge is 0.248 e. The highest BCUT2D eigenvalue weighted by molar-refractivity contribution is 5.94. The number of nitrogens with one attached hydrogen (secondary N) is 2. The molecule has 0 bridgehead atoms. The van der Waals surface area contributed by atoms with Gasteiger partial charge in [-0.2, -0.15) is 0 Å². The number of carbonyl (C=O) groups is 2. The van der Waals surface area contributed by atoms with Crippen LogP contribution in [0.3, 0.4) is 0 Å². The molecule has 3 aromatic carbocycles. The van der Waals surface area contributed by atoms with Crippen LogP contribution < -0.4 is 16.8 Å². The average Bonchev–Trinajstić information content (AvgIpc) is 3.29. The second kappa shape index (κ2) is 10.7. The van der Waals surface area contributed by atoms with Gasteiger partial charge in [0.2, 0.25) is 11.8 Å². The van der Waals surface area contributed by atoms with Gasteiger partial charge in [-0.25, -0.2) is 8.78 Å². The number of hydrogen-bond acceptors (Lipinski definition) is 4. The van der Waals surface area contributed by atoms with Crippen LogP contribution in [0.25, 0.3) is 22.0 Å². The number of rotatable bonds is 8. The number of fused-ring (bicyclic) bond motifs is 1. The average molecular weight is 526 g/mol. The maximum absolute atomic E-state index is 14.0.